The van der Waals surface area contributed by atoms with E-state index in [0.717, 1.165) is 31.6 Å². The fourth-order valence-corrected chi connectivity index (χ4v) is 3.24. The van der Waals surface area contributed by atoms with Gasteiger partial charge in [-0.2, -0.15) is 5.10 Å². The Morgan fingerprint density at radius 1 is 1.33 bits per heavy atom. The molecule has 2 aromatic rings. The van der Waals surface area contributed by atoms with E-state index in [1.54, 1.807) is 6.20 Å². The lowest BCUT2D eigenvalue weighted by Crippen LogP contribution is -2.40. The minimum atomic E-state index is 0.113. The van der Waals surface area contributed by atoms with Gasteiger partial charge in [0, 0.05) is 31.7 Å². The number of carbonyl (C=O) groups excluding carboxylic acids is 1. The Kier molecular flexibility index (Phi) is 5.41. The first-order valence-corrected chi connectivity index (χ1v) is 8.59. The molecular weight excluding hydrogens is 300 g/mol. The summed E-state index contributed by atoms with van der Waals surface area (Å²) in [6.45, 7) is 3.72. The quantitative estimate of drug-likeness (QED) is 0.887. The van der Waals surface area contributed by atoms with Crippen LogP contribution in [0.5, 0.6) is 0 Å². The number of aromatic nitrogens is 2. The molecule has 1 aliphatic heterocycles. The predicted octanol–water partition coefficient (Wildman–Crippen LogP) is 2.50. The first-order valence-electron chi connectivity index (χ1n) is 8.59. The molecule has 0 unspecified atom stereocenters. The SMILES string of the molecule is Cc1cccc(CCC(=O)NC[C@@H]2CCCN2c2cccnn2)c1. The summed E-state index contributed by atoms with van der Waals surface area (Å²) >= 11 is 0. The van der Waals surface area contributed by atoms with Crippen LogP contribution in [0.1, 0.15) is 30.4 Å². The molecule has 1 atom stereocenters. The Morgan fingerprint density at radius 3 is 3.04 bits per heavy atom. The van der Waals surface area contributed by atoms with Crippen molar-refractivity contribution in [2.45, 2.75) is 38.6 Å². The minimum Gasteiger partial charge on any atom is -0.354 e. The van der Waals surface area contributed by atoms with Crippen molar-refractivity contribution in [3.8, 4) is 0 Å². The smallest absolute Gasteiger partial charge is 0.220 e. The van der Waals surface area contributed by atoms with Gasteiger partial charge in [0.25, 0.3) is 0 Å². The normalized spacial score (nSPS) is 17.0. The molecule has 5 nitrogen and oxygen atoms in total. The standard InChI is InChI=1S/C19H24N4O/c1-15-5-2-6-16(13-15)9-10-19(24)20-14-17-7-4-12-23(17)18-8-3-11-21-22-18/h2-3,5-6,8,11,13,17H,4,7,9-10,12,14H2,1H3,(H,20,24)/t17-/m0/s1. The predicted molar refractivity (Wildman–Crippen MR) is 94.9 cm³/mol. The molecule has 0 saturated carbocycles. The van der Waals surface area contributed by atoms with E-state index in [1.165, 1.54) is 11.1 Å². The summed E-state index contributed by atoms with van der Waals surface area (Å²) in [5.41, 5.74) is 2.45. The number of nitrogens with zero attached hydrogens (tertiary/aromatic N) is 3. The first-order chi connectivity index (χ1) is 11.7. The highest BCUT2D eigenvalue weighted by Crippen LogP contribution is 2.22. The van der Waals surface area contributed by atoms with Crippen LogP contribution in [-0.4, -0.2) is 35.2 Å². The molecule has 0 aliphatic carbocycles. The third-order valence-electron chi connectivity index (χ3n) is 4.49. The zero-order chi connectivity index (χ0) is 16.8. The van der Waals surface area contributed by atoms with Gasteiger partial charge < -0.3 is 10.2 Å². The molecule has 24 heavy (non-hydrogen) atoms. The summed E-state index contributed by atoms with van der Waals surface area (Å²) in [6, 6.07) is 12.5. The van der Waals surface area contributed by atoms with Crippen molar-refractivity contribution < 1.29 is 4.79 Å². The molecule has 1 aromatic heterocycles. The molecule has 1 aromatic carbocycles. The summed E-state index contributed by atoms with van der Waals surface area (Å²) in [7, 11) is 0. The van der Waals surface area contributed by atoms with Crippen LogP contribution in [0.3, 0.4) is 0 Å². The van der Waals surface area contributed by atoms with Crippen LogP contribution in [-0.2, 0) is 11.2 Å². The van der Waals surface area contributed by atoms with Crippen molar-refractivity contribution in [1.82, 2.24) is 15.5 Å². The van der Waals surface area contributed by atoms with Gasteiger partial charge in [0.05, 0.1) is 0 Å². The fraction of sp³-hybridized carbons (Fsp3) is 0.421. The van der Waals surface area contributed by atoms with Crippen LogP contribution in [0.2, 0.25) is 0 Å². The van der Waals surface area contributed by atoms with E-state index >= 15 is 0 Å². The fourth-order valence-electron chi connectivity index (χ4n) is 3.24. The zero-order valence-corrected chi connectivity index (χ0v) is 14.1. The molecule has 3 rings (SSSR count). The number of rotatable bonds is 6. The second kappa shape index (κ2) is 7.90. The van der Waals surface area contributed by atoms with Crippen LogP contribution in [0.4, 0.5) is 5.82 Å². The molecule has 1 amide bonds. The number of hydrogen-bond donors (Lipinski definition) is 1. The summed E-state index contributed by atoms with van der Waals surface area (Å²) in [5, 5.41) is 11.2. The third kappa shape index (κ3) is 4.31. The number of carbonyl (C=O) groups is 1. The molecule has 0 spiro atoms. The molecule has 0 radical (unpaired) electrons. The molecule has 1 N–H and O–H groups in total. The van der Waals surface area contributed by atoms with E-state index in [2.05, 4.69) is 45.5 Å². The Labute approximate surface area is 143 Å². The van der Waals surface area contributed by atoms with Crippen LogP contribution >= 0.6 is 0 Å². The number of benzene rings is 1. The average Bonchev–Trinajstić information content (AvgIpc) is 3.07. The highest BCUT2D eigenvalue weighted by atomic mass is 16.1. The lowest BCUT2D eigenvalue weighted by Gasteiger charge is -2.25. The van der Waals surface area contributed by atoms with Crippen LogP contribution in [0, 0.1) is 6.92 Å². The number of hydrogen-bond acceptors (Lipinski definition) is 4. The van der Waals surface area contributed by atoms with Crippen molar-refractivity contribution in [3.05, 3.63) is 53.7 Å². The van der Waals surface area contributed by atoms with E-state index in [0.29, 0.717) is 19.0 Å². The van der Waals surface area contributed by atoms with Crippen molar-refractivity contribution in [2.75, 3.05) is 18.0 Å². The highest BCUT2D eigenvalue weighted by molar-refractivity contribution is 5.76. The second-order valence-electron chi connectivity index (χ2n) is 6.36. The van der Waals surface area contributed by atoms with Gasteiger partial charge in [0.2, 0.25) is 5.91 Å². The maximum atomic E-state index is 12.1. The van der Waals surface area contributed by atoms with E-state index in [-0.39, 0.29) is 5.91 Å². The van der Waals surface area contributed by atoms with Crippen molar-refractivity contribution >= 4 is 11.7 Å². The Hall–Kier alpha value is -2.43. The minimum absolute atomic E-state index is 0.113. The molecular formula is C19H24N4O. The highest BCUT2D eigenvalue weighted by Gasteiger charge is 2.25. The zero-order valence-electron chi connectivity index (χ0n) is 14.1. The van der Waals surface area contributed by atoms with Gasteiger partial charge in [0.1, 0.15) is 0 Å². The maximum Gasteiger partial charge on any atom is 0.220 e. The van der Waals surface area contributed by atoms with E-state index in [1.807, 2.05) is 18.2 Å². The lowest BCUT2D eigenvalue weighted by atomic mass is 10.1. The Bertz CT molecular complexity index is 674. The van der Waals surface area contributed by atoms with Gasteiger partial charge in [0.15, 0.2) is 5.82 Å². The van der Waals surface area contributed by atoms with Gasteiger partial charge in [-0.1, -0.05) is 29.8 Å². The molecule has 5 heteroatoms. The largest absolute Gasteiger partial charge is 0.354 e. The van der Waals surface area contributed by atoms with Crippen LogP contribution in [0.25, 0.3) is 0 Å². The third-order valence-corrected chi connectivity index (χ3v) is 4.49. The second-order valence-corrected chi connectivity index (χ2v) is 6.36. The maximum absolute atomic E-state index is 12.1. The number of amides is 1. The summed E-state index contributed by atoms with van der Waals surface area (Å²) < 4.78 is 0. The van der Waals surface area contributed by atoms with Gasteiger partial charge in [-0.15, -0.1) is 5.10 Å². The number of aryl methyl sites for hydroxylation is 2. The first kappa shape index (κ1) is 16.4. The Morgan fingerprint density at radius 2 is 2.25 bits per heavy atom. The van der Waals surface area contributed by atoms with Crippen molar-refractivity contribution in [2.24, 2.45) is 0 Å². The van der Waals surface area contributed by atoms with Gasteiger partial charge in [-0.3, -0.25) is 4.79 Å². The lowest BCUT2D eigenvalue weighted by molar-refractivity contribution is -0.121. The molecule has 1 saturated heterocycles. The van der Waals surface area contributed by atoms with Gasteiger partial charge >= 0.3 is 0 Å². The summed E-state index contributed by atoms with van der Waals surface area (Å²) in [4.78, 5) is 14.4. The molecule has 126 valence electrons. The molecule has 1 fully saturated rings. The molecule has 1 aliphatic rings. The molecule has 0 bridgehead atoms. The molecule has 2 heterocycles. The van der Waals surface area contributed by atoms with E-state index in [4.69, 9.17) is 0 Å². The van der Waals surface area contributed by atoms with Crippen LogP contribution in [0.15, 0.2) is 42.6 Å². The van der Waals surface area contributed by atoms with E-state index in [9.17, 15) is 4.79 Å². The number of nitrogens with one attached hydrogen (secondary N) is 1. The topological polar surface area (TPSA) is 58.1 Å². The summed E-state index contributed by atoms with van der Waals surface area (Å²) in [5.74, 6) is 1.01. The van der Waals surface area contributed by atoms with Gasteiger partial charge in [-0.25, -0.2) is 0 Å². The van der Waals surface area contributed by atoms with Crippen molar-refractivity contribution in [3.63, 3.8) is 0 Å². The van der Waals surface area contributed by atoms with Crippen LogP contribution < -0.4 is 10.2 Å². The van der Waals surface area contributed by atoms with Gasteiger partial charge in [-0.05, 0) is 43.9 Å². The van der Waals surface area contributed by atoms with E-state index < -0.39 is 0 Å². The monoisotopic (exact) mass is 324 g/mol. The summed E-state index contributed by atoms with van der Waals surface area (Å²) in [6.07, 6.45) is 5.20. The number of anilines is 1. The Balaban J connectivity index is 1.47. The average molecular weight is 324 g/mol. The van der Waals surface area contributed by atoms with Crippen molar-refractivity contribution in [1.29, 1.82) is 0 Å².